The van der Waals surface area contributed by atoms with E-state index in [9.17, 15) is 13.2 Å². The first-order valence-electron chi connectivity index (χ1n) is 9.15. The summed E-state index contributed by atoms with van der Waals surface area (Å²) in [5.74, 6) is -0.111. The maximum Gasteiger partial charge on any atom is 0.261 e. The highest BCUT2D eigenvalue weighted by atomic mass is 35.5. The highest BCUT2D eigenvalue weighted by Gasteiger charge is 2.19. The van der Waals surface area contributed by atoms with Gasteiger partial charge < -0.3 is 5.32 Å². The Bertz CT molecular complexity index is 1160. The number of amides is 1. The Hall–Kier alpha value is -2.54. The van der Waals surface area contributed by atoms with Crippen molar-refractivity contribution in [1.82, 2.24) is 0 Å². The lowest BCUT2D eigenvalue weighted by Gasteiger charge is -2.14. The number of carbonyl (C=O) groups is 1. The summed E-state index contributed by atoms with van der Waals surface area (Å²) in [6, 6.07) is 17.6. The van der Waals surface area contributed by atoms with Gasteiger partial charge in [0.15, 0.2) is 0 Å². The molecule has 30 heavy (non-hydrogen) atoms. The van der Waals surface area contributed by atoms with Gasteiger partial charge >= 0.3 is 0 Å². The summed E-state index contributed by atoms with van der Waals surface area (Å²) < 4.78 is 27.9. The Balaban J connectivity index is 1.87. The summed E-state index contributed by atoms with van der Waals surface area (Å²) in [5, 5.41) is 3.51. The molecule has 0 aromatic heterocycles. The van der Waals surface area contributed by atoms with E-state index in [0.29, 0.717) is 21.7 Å². The number of hydrogen-bond donors (Lipinski definition) is 2. The minimum atomic E-state index is -3.92. The van der Waals surface area contributed by atoms with Crippen molar-refractivity contribution in [2.45, 2.75) is 24.7 Å². The molecule has 0 atom stereocenters. The van der Waals surface area contributed by atoms with Gasteiger partial charge in [0.25, 0.3) is 15.9 Å². The van der Waals surface area contributed by atoms with Gasteiger partial charge in [-0.15, -0.1) is 0 Å². The fraction of sp³-hybridized carbons (Fsp3) is 0.136. The molecule has 0 aliphatic carbocycles. The molecule has 0 aliphatic rings. The second-order valence-corrected chi connectivity index (χ2v) is 9.54. The fourth-order valence-electron chi connectivity index (χ4n) is 2.76. The van der Waals surface area contributed by atoms with Crippen LogP contribution >= 0.6 is 23.2 Å². The van der Waals surface area contributed by atoms with Gasteiger partial charge in [-0.3, -0.25) is 9.52 Å². The Labute approximate surface area is 186 Å². The van der Waals surface area contributed by atoms with Gasteiger partial charge in [-0.05, 0) is 66.1 Å². The quantitative estimate of drug-likeness (QED) is 0.459. The number of anilines is 2. The van der Waals surface area contributed by atoms with E-state index in [1.165, 1.54) is 42.5 Å². The lowest BCUT2D eigenvalue weighted by molar-refractivity contribution is 0.102. The number of nitrogens with one attached hydrogen (secondary N) is 2. The summed E-state index contributed by atoms with van der Waals surface area (Å²) in [5.41, 5.74) is 1.96. The fourth-order valence-corrected chi connectivity index (χ4v) is 4.14. The summed E-state index contributed by atoms with van der Waals surface area (Å²) in [6.07, 6.45) is 0. The van der Waals surface area contributed by atoms with Gasteiger partial charge in [-0.2, -0.15) is 0 Å². The third kappa shape index (κ3) is 5.33. The number of sulfonamides is 1. The molecule has 8 heteroatoms. The predicted octanol–water partition coefficient (Wildman–Crippen LogP) is 6.17. The molecule has 3 rings (SSSR count). The number of carbonyl (C=O) groups excluding carboxylic acids is 1. The molecule has 0 heterocycles. The molecule has 0 fully saturated rings. The van der Waals surface area contributed by atoms with Gasteiger partial charge in [-0.1, -0.05) is 49.2 Å². The molecule has 0 radical (unpaired) electrons. The standard InChI is InChI=1S/C22H20Cl2N2O3S/c1-14(2)15-3-8-18(9-4-15)25-22(27)20-13-17(24)7-12-21(20)26-30(28,29)19-10-5-16(23)6-11-19/h3-14,26H,1-2H3,(H,25,27). The number of halogens is 2. The maximum absolute atomic E-state index is 12.9. The van der Waals surface area contributed by atoms with E-state index in [1.54, 1.807) is 12.1 Å². The maximum atomic E-state index is 12.9. The normalized spacial score (nSPS) is 11.4. The van der Waals surface area contributed by atoms with Gasteiger partial charge in [0.05, 0.1) is 16.1 Å². The highest BCUT2D eigenvalue weighted by molar-refractivity contribution is 7.92. The van der Waals surface area contributed by atoms with E-state index in [-0.39, 0.29) is 16.1 Å². The minimum Gasteiger partial charge on any atom is -0.322 e. The average molecular weight is 463 g/mol. The van der Waals surface area contributed by atoms with Crippen molar-refractivity contribution in [2.24, 2.45) is 0 Å². The van der Waals surface area contributed by atoms with E-state index in [0.717, 1.165) is 5.56 Å². The van der Waals surface area contributed by atoms with Crippen molar-refractivity contribution in [1.29, 1.82) is 0 Å². The molecule has 1 amide bonds. The van der Waals surface area contributed by atoms with Crippen molar-refractivity contribution in [3.8, 4) is 0 Å². The second kappa shape index (κ2) is 9.08. The van der Waals surface area contributed by atoms with Crippen LogP contribution in [-0.2, 0) is 10.0 Å². The van der Waals surface area contributed by atoms with Crippen LogP contribution in [-0.4, -0.2) is 14.3 Å². The summed E-state index contributed by atoms with van der Waals surface area (Å²) in [4.78, 5) is 12.9. The first-order chi connectivity index (χ1) is 14.2. The average Bonchev–Trinajstić information content (AvgIpc) is 2.70. The molecule has 0 saturated heterocycles. The van der Waals surface area contributed by atoms with Crippen molar-refractivity contribution in [3.05, 3.63) is 87.9 Å². The molecule has 0 aliphatic heterocycles. The monoisotopic (exact) mass is 462 g/mol. The molecule has 0 unspecified atom stereocenters. The minimum absolute atomic E-state index is 0.0254. The molecule has 2 N–H and O–H groups in total. The number of benzene rings is 3. The Morgan fingerprint density at radius 1 is 0.867 bits per heavy atom. The predicted molar refractivity (Wildman–Crippen MR) is 122 cm³/mol. The Kier molecular flexibility index (Phi) is 6.71. The van der Waals surface area contributed by atoms with Crippen molar-refractivity contribution < 1.29 is 13.2 Å². The molecule has 5 nitrogen and oxygen atoms in total. The van der Waals surface area contributed by atoms with E-state index in [4.69, 9.17) is 23.2 Å². The first kappa shape index (κ1) is 22.2. The summed E-state index contributed by atoms with van der Waals surface area (Å²) >= 11 is 11.9. The Morgan fingerprint density at radius 3 is 2.07 bits per heavy atom. The SMILES string of the molecule is CC(C)c1ccc(NC(=O)c2cc(Cl)ccc2NS(=O)(=O)c2ccc(Cl)cc2)cc1. The van der Waals surface area contributed by atoms with Crippen LogP contribution < -0.4 is 10.0 Å². The second-order valence-electron chi connectivity index (χ2n) is 6.98. The van der Waals surface area contributed by atoms with Gasteiger partial charge in [0.1, 0.15) is 0 Å². The van der Waals surface area contributed by atoms with E-state index >= 15 is 0 Å². The van der Waals surface area contributed by atoms with Gasteiger partial charge in [0, 0.05) is 15.7 Å². The van der Waals surface area contributed by atoms with Crippen molar-refractivity contribution >= 4 is 50.5 Å². The third-order valence-corrected chi connectivity index (χ3v) is 6.30. The van der Waals surface area contributed by atoms with Crippen LogP contribution in [0.25, 0.3) is 0 Å². The van der Waals surface area contributed by atoms with Crippen LogP contribution in [0.2, 0.25) is 10.0 Å². The molecule has 0 bridgehead atoms. The molecule has 156 valence electrons. The molecule has 3 aromatic carbocycles. The van der Waals surface area contributed by atoms with Crippen LogP contribution in [0.3, 0.4) is 0 Å². The molecule has 0 saturated carbocycles. The van der Waals surface area contributed by atoms with Crippen molar-refractivity contribution in [2.75, 3.05) is 10.0 Å². The largest absolute Gasteiger partial charge is 0.322 e. The summed E-state index contributed by atoms with van der Waals surface area (Å²) in [7, 11) is -3.92. The number of hydrogen-bond acceptors (Lipinski definition) is 3. The highest BCUT2D eigenvalue weighted by Crippen LogP contribution is 2.26. The molecule has 3 aromatic rings. The topological polar surface area (TPSA) is 75.3 Å². The zero-order chi connectivity index (χ0) is 21.9. The van der Waals surface area contributed by atoms with E-state index in [1.807, 2.05) is 12.1 Å². The van der Waals surface area contributed by atoms with Crippen LogP contribution in [0.1, 0.15) is 35.7 Å². The first-order valence-corrected chi connectivity index (χ1v) is 11.4. The van der Waals surface area contributed by atoms with E-state index < -0.39 is 15.9 Å². The molecular weight excluding hydrogens is 443 g/mol. The lowest BCUT2D eigenvalue weighted by Crippen LogP contribution is -2.18. The van der Waals surface area contributed by atoms with Crippen molar-refractivity contribution in [3.63, 3.8) is 0 Å². The molecular formula is C22H20Cl2N2O3S. The number of rotatable bonds is 6. The van der Waals surface area contributed by atoms with Gasteiger partial charge in [-0.25, -0.2) is 8.42 Å². The smallest absolute Gasteiger partial charge is 0.261 e. The van der Waals surface area contributed by atoms with Crippen LogP contribution in [0.5, 0.6) is 0 Å². The summed E-state index contributed by atoms with van der Waals surface area (Å²) in [6.45, 7) is 4.16. The van der Waals surface area contributed by atoms with E-state index in [2.05, 4.69) is 23.9 Å². The van der Waals surface area contributed by atoms with Gasteiger partial charge in [0.2, 0.25) is 0 Å². The zero-order valence-corrected chi connectivity index (χ0v) is 18.6. The lowest BCUT2D eigenvalue weighted by atomic mass is 10.0. The van der Waals surface area contributed by atoms with Crippen LogP contribution in [0.4, 0.5) is 11.4 Å². The van der Waals surface area contributed by atoms with Crippen LogP contribution in [0.15, 0.2) is 71.6 Å². The Morgan fingerprint density at radius 2 is 1.47 bits per heavy atom. The third-order valence-electron chi connectivity index (χ3n) is 4.43. The molecule has 0 spiro atoms. The van der Waals surface area contributed by atoms with Crippen LogP contribution in [0, 0.1) is 0 Å². The zero-order valence-electron chi connectivity index (χ0n) is 16.3.